The van der Waals surface area contributed by atoms with Crippen LogP contribution in [0.4, 0.5) is 4.39 Å². The molecule has 1 unspecified atom stereocenters. The van der Waals surface area contributed by atoms with Crippen molar-refractivity contribution in [3.8, 4) is 11.5 Å². The summed E-state index contributed by atoms with van der Waals surface area (Å²) < 4.78 is 24.7. The Bertz CT molecular complexity index is 1010. The van der Waals surface area contributed by atoms with Gasteiger partial charge in [0.25, 0.3) is 5.91 Å². The van der Waals surface area contributed by atoms with E-state index < -0.39 is 5.82 Å². The van der Waals surface area contributed by atoms with Crippen LogP contribution in [0.3, 0.4) is 0 Å². The van der Waals surface area contributed by atoms with Gasteiger partial charge >= 0.3 is 0 Å². The number of rotatable bonds is 8. The van der Waals surface area contributed by atoms with Gasteiger partial charge in [-0.1, -0.05) is 30.3 Å². The maximum atomic E-state index is 13.7. The van der Waals surface area contributed by atoms with Crippen molar-refractivity contribution >= 4 is 5.91 Å². The van der Waals surface area contributed by atoms with E-state index in [1.807, 2.05) is 18.2 Å². The van der Waals surface area contributed by atoms with Crippen molar-refractivity contribution in [2.45, 2.75) is 25.8 Å². The fourth-order valence-corrected chi connectivity index (χ4v) is 4.19. The predicted octanol–water partition coefficient (Wildman–Crippen LogP) is 3.73. The first-order valence-corrected chi connectivity index (χ1v) is 10.5. The molecule has 0 saturated heterocycles. The van der Waals surface area contributed by atoms with E-state index >= 15 is 0 Å². The maximum absolute atomic E-state index is 13.7. The summed E-state index contributed by atoms with van der Waals surface area (Å²) in [6, 6.07) is 13.5. The molecular weight excluding hydrogens is 395 g/mol. The topological polar surface area (TPSA) is 75.2 Å². The van der Waals surface area contributed by atoms with Crippen molar-refractivity contribution in [1.82, 2.24) is 5.32 Å². The van der Waals surface area contributed by atoms with E-state index in [-0.39, 0.29) is 17.1 Å². The smallest absolute Gasteiger partial charge is 0.257 e. The summed E-state index contributed by atoms with van der Waals surface area (Å²) in [6.45, 7) is 1.04. The first-order chi connectivity index (χ1) is 15.0. The van der Waals surface area contributed by atoms with Crippen LogP contribution < -0.4 is 15.8 Å². The lowest BCUT2D eigenvalue weighted by molar-refractivity contribution is -0.312. The second-order valence-corrected chi connectivity index (χ2v) is 8.33. The second kappa shape index (κ2) is 9.04. The molecule has 0 spiro atoms. The van der Waals surface area contributed by atoms with Gasteiger partial charge in [0, 0.05) is 25.5 Å². The first kappa shape index (κ1) is 21.3. The molecule has 0 heterocycles. The van der Waals surface area contributed by atoms with E-state index in [0.717, 1.165) is 17.7 Å². The molecule has 0 aliphatic heterocycles. The Morgan fingerprint density at radius 3 is 2.58 bits per heavy atom. The number of halogens is 1. The molecule has 2 aromatic rings. The molecule has 2 aliphatic rings. The van der Waals surface area contributed by atoms with Crippen LogP contribution in [0, 0.1) is 17.2 Å². The van der Waals surface area contributed by atoms with Gasteiger partial charge in [-0.25, -0.2) is 4.39 Å². The summed E-state index contributed by atoms with van der Waals surface area (Å²) in [4.78, 5) is 12.7. The quantitative estimate of drug-likeness (QED) is 0.679. The Labute approximate surface area is 181 Å². The zero-order valence-corrected chi connectivity index (χ0v) is 17.7. The van der Waals surface area contributed by atoms with Crippen molar-refractivity contribution in [1.29, 1.82) is 0 Å². The molecule has 1 atom stereocenters. The predicted molar refractivity (Wildman–Crippen MR) is 115 cm³/mol. The molecule has 0 aromatic heterocycles. The molecule has 1 amide bonds. The summed E-state index contributed by atoms with van der Waals surface area (Å²) in [5.41, 5.74) is 6.56. The lowest BCUT2D eigenvalue weighted by atomic mass is 9.75. The minimum atomic E-state index is -0.409. The Kier molecular flexibility index (Phi) is 6.20. The number of para-hydroxylation sites is 1. The van der Waals surface area contributed by atoms with Crippen LogP contribution in [0.5, 0.6) is 11.5 Å². The van der Waals surface area contributed by atoms with E-state index in [4.69, 9.17) is 9.47 Å². The molecule has 4 N–H and O–H groups in total. The molecule has 1 fully saturated rings. The molecule has 0 radical (unpaired) electrons. The van der Waals surface area contributed by atoms with Gasteiger partial charge in [0.15, 0.2) is 11.6 Å². The number of nitrogens with one attached hydrogen (secondary N) is 1. The van der Waals surface area contributed by atoms with E-state index in [9.17, 15) is 9.18 Å². The third kappa shape index (κ3) is 4.86. The van der Waals surface area contributed by atoms with Crippen molar-refractivity contribution in [3.05, 3.63) is 83.3 Å². The fraction of sp³-hybridized carbons (Fsp3) is 0.320. The molecule has 31 heavy (non-hydrogen) atoms. The first-order valence-electron chi connectivity index (χ1n) is 10.5. The number of methoxy groups -OCH3 is 1. The number of hydrogen-bond donors (Lipinski definition) is 2. The zero-order chi connectivity index (χ0) is 21.8. The molecule has 162 valence electrons. The number of quaternary nitrogens is 1. The number of carbonyl (C=O) groups is 1. The Balaban J connectivity index is 1.34. The lowest BCUT2D eigenvalue weighted by Crippen LogP contribution is -2.53. The third-order valence-corrected chi connectivity index (χ3v) is 5.99. The molecule has 1 saturated carbocycles. The van der Waals surface area contributed by atoms with Crippen molar-refractivity contribution < 1.29 is 24.4 Å². The zero-order valence-electron chi connectivity index (χ0n) is 17.7. The van der Waals surface area contributed by atoms with E-state index in [0.29, 0.717) is 30.4 Å². The average Bonchev–Trinajstić information content (AvgIpc) is 3.61. The lowest BCUT2D eigenvalue weighted by Gasteiger charge is -2.32. The average molecular weight is 424 g/mol. The van der Waals surface area contributed by atoms with E-state index in [1.54, 1.807) is 37.4 Å². The van der Waals surface area contributed by atoms with Crippen molar-refractivity contribution in [2.75, 3.05) is 13.7 Å². The van der Waals surface area contributed by atoms with Crippen LogP contribution in [0.25, 0.3) is 0 Å². The van der Waals surface area contributed by atoms with Gasteiger partial charge in [0.2, 0.25) is 0 Å². The monoisotopic (exact) mass is 423 g/mol. The van der Waals surface area contributed by atoms with Gasteiger partial charge in [-0.05, 0) is 54.7 Å². The molecule has 6 heteroatoms. The summed E-state index contributed by atoms with van der Waals surface area (Å²) in [5.74, 6) is 0.795. The van der Waals surface area contributed by atoms with Gasteiger partial charge in [0.1, 0.15) is 11.4 Å². The van der Waals surface area contributed by atoms with Gasteiger partial charge in [0.05, 0.1) is 12.2 Å². The highest BCUT2D eigenvalue weighted by Crippen LogP contribution is 2.51. The Morgan fingerprint density at radius 1 is 1.19 bits per heavy atom. The highest BCUT2D eigenvalue weighted by molar-refractivity contribution is 5.96. The van der Waals surface area contributed by atoms with Crippen LogP contribution in [-0.4, -0.2) is 19.6 Å². The second-order valence-electron chi connectivity index (χ2n) is 8.33. The molecule has 4 rings (SSSR count). The molecule has 5 nitrogen and oxygen atoms in total. The largest absolute Gasteiger partial charge is 0.454 e. The minimum absolute atomic E-state index is 0.0241. The summed E-state index contributed by atoms with van der Waals surface area (Å²) >= 11 is 0. The maximum Gasteiger partial charge on any atom is 0.257 e. The molecular formula is C25H28FN2O3+. The van der Waals surface area contributed by atoms with Crippen LogP contribution in [0.15, 0.2) is 72.0 Å². The minimum Gasteiger partial charge on any atom is -0.454 e. The Morgan fingerprint density at radius 2 is 1.94 bits per heavy atom. The van der Waals surface area contributed by atoms with Crippen LogP contribution >= 0.6 is 0 Å². The highest BCUT2D eigenvalue weighted by atomic mass is 19.1. The molecule has 0 bridgehead atoms. The van der Waals surface area contributed by atoms with Gasteiger partial charge < -0.3 is 20.5 Å². The van der Waals surface area contributed by atoms with E-state index in [2.05, 4.69) is 17.1 Å². The number of hydrogen-bond acceptors (Lipinski definition) is 3. The number of benzene rings is 2. The molecule has 2 aliphatic carbocycles. The number of allylic oxidation sites excluding steroid dienone is 1. The molecule has 2 aromatic carbocycles. The summed E-state index contributed by atoms with van der Waals surface area (Å²) in [7, 11) is 1.72. The number of amides is 1. The SMILES string of the molecule is COCC1(C2CC2)C=CC(C(=O)NCc2ccc(Oc3ccccc3F)cc2)=C([NH3+])C1. The van der Waals surface area contributed by atoms with Crippen LogP contribution in [0.2, 0.25) is 0 Å². The van der Waals surface area contributed by atoms with Gasteiger partial charge in [-0.15, -0.1) is 0 Å². The van der Waals surface area contributed by atoms with Crippen LogP contribution in [-0.2, 0) is 16.1 Å². The number of ether oxygens (including phenoxy) is 2. The number of carbonyl (C=O) groups excluding carboxylic acids is 1. The fourth-order valence-electron chi connectivity index (χ4n) is 4.19. The summed E-state index contributed by atoms with van der Waals surface area (Å²) in [5, 5.41) is 2.96. The highest BCUT2D eigenvalue weighted by Gasteiger charge is 2.46. The van der Waals surface area contributed by atoms with Gasteiger partial charge in [-0.2, -0.15) is 0 Å². The third-order valence-electron chi connectivity index (χ3n) is 5.99. The van der Waals surface area contributed by atoms with Gasteiger partial charge in [-0.3, -0.25) is 4.79 Å². The normalized spacial score (nSPS) is 20.6. The summed E-state index contributed by atoms with van der Waals surface area (Å²) in [6.07, 6.45) is 7.22. The Hall–Kier alpha value is -2.96. The van der Waals surface area contributed by atoms with E-state index in [1.165, 1.54) is 18.9 Å². The standard InChI is InChI=1S/C25H27FN2O3/c1-30-16-25(18-8-9-18)13-12-20(22(27)14-25)24(29)28-15-17-6-10-19(11-7-17)31-23-5-3-2-4-21(23)26/h2-7,10-13,18H,8-9,14-16,27H2,1H3,(H,28,29)/p+1. The van der Waals surface area contributed by atoms with Crippen molar-refractivity contribution in [3.63, 3.8) is 0 Å². The van der Waals surface area contributed by atoms with Crippen LogP contribution in [0.1, 0.15) is 24.8 Å². The van der Waals surface area contributed by atoms with Crippen molar-refractivity contribution in [2.24, 2.45) is 11.3 Å².